The summed E-state index contributed by atoms with van der Waals surface area (Å²) in [5.41, 5.74) is 1.51. The lowest BCUT2D eigenvalue weighted by atomic mass is 10.2. The standard InChI is InChI=1S/C12H10ClN3O2S2/c1-7-6-10(19-11(7)13)20(17,18)16-12-8-4-2-3-5-9(8)14-15-12/h2-6H,1H3,(H2,14,15,16). The van der Waals surface area contributed by atoms with Gasteiger partial charge < -0.3 is 0 Å². The van der Waals surface area contributed by atoms with Gasteiger partial charge in [0.05, 0.1) is 9.85 Å². The number of aromatic nitrogens is 2. The van der Waals surface area contributed by atoms with Crippen LogP contribution >= 0.6 is 22.9 Å². The molecule has 5 nitrogen and oxygen atoms in total. The van der Waals surface area contributed by atoms with Crippen molar-refractivity contribution in [3.8, 4) is 0 Å². The Kier molecular flexibility index (Phi) is 3.19. The summed E-state index contributed by atoms with van der Waals surface area (Å²) < 4.78 is 27.7. The number of para-hydroxylation sites is 1. The normalized spacial score (nSPS) is 11.9. The minimum atomic E-state index is -3.67. The van der Waals surface area contributed by atoms with Gasteiger partial charge in [-0.1, -0.05) is 23.7 Å². The average Bonchev–Trinajstić information content (AvgIpc) is 2.95. The number of benzene rings is 1. The van der Waals surface area contributed by atoms with Crippen LogP contribution in [0.1, 0.15) is 5.56 Å². The second kappa shape index (κ2) is 4.76. The molecule has 20 heavy (non-hydrogen) atoms. The van der Waals surface area contributed by atoms with Gasteiger partial charge in [-0.25, -0.2) is 8.42 Å². The number of aromatic amines is 1. The molecular weight excluding hydrogens is 318 g/mol. The molecule has 2 N–H and O–H groups in total. The number of hydrogen-bond donors (Lipinski definition) is 2. The number of halogens is 1. The average molecular weight is 328 g/mol. The van der Waals surface area contributed by atoms with Crippen LogP contribution in [-0.4, -0.2) is 18.6 Å². The molecule has 0 spiro atoms. The number of fused-ring (bicyclic) bond motifs is 1. The summed E-state index contributed by atoms with van der Waals surface area (Å²) in [6.45, 7) is 1.77. The molecule has 0 amide bonds. The largest absolute Gasteiger partial charge is 0.276 e. The van der Waals surface area contributed by atoms with E-state index in [-0.39, 0.29) is 10.0 Å². The Labute approximate surface area is 124 Å². The van der Waals surface area contributed by atoms with E-state index in [9.17, 15) is 8.42 Å². The second-order valence-electron chi connectivity index (χ2n) is 4.25. The summed E-state index contributed by atoms with van der Waals surface area (Å²) in [5.74, 6) is 0.280. The molecule has 0 aliphatic carbocycles. The number of rotatable bonds is 3. The van der Waals surface area contributed by atoms with Gasteiger partial charge in [-0.15, -0.1) is 11.3 Å². The predicted octanol–water partition coefficient (Wildman–Crippen LogP) is 3.39. The van der Waals surface area contributed by atoms with E-state index in [0.29, 0.717) is 4.34 Å². The first kappa shape index (κ1) is 13.4. The van der Waals surface area contributed by atoms with Gasteiger partial charge in [0, 0.05) is 5.39 Å². The van der Waals surface area contributed by atoms with E-state index in [0.717, 1.165) is 27.8 Å². The van der Waals surface area contributed by atoms with E-state index in [1.54, 1.807) is 19.1 Å². The molecule has 0 radical (unpaired) electrons. The van der Waals surface area contributed by atoms with Gasteiger partial charge in [-0.3, -0.25) is 9.82 Å². The molecular formula is C12H10ClN3O2S2. The van der Waals surface area contributed by atoms with Crippen molar-refractivity contribution < 1.29 is 8.42 Å². The van der Waals surface area contributed by atoms with Crippen LogP contribution in [0.2, 0.25) is 4.34 Å². The number of nitrogens with zero attached hydrogens (tertiary/aromatic N) is 1. The minimum absolute atomic E-state index is 0.173. The van der Waals surface area contributed by atoms with Crippen molar-refractivity contribution in [2.75, 3.05) is 4.72 Å². The smallest absolute Gasteiger partial charge is 0.272 e. The van der Waals surface area contributed by atoms with E-state index >= 15 is 0 Å². The van der Waals surface area contributed by atoms with Crippen LogP contribution < -0.4 is 4.72 Å². The molecule has 0 aliphatic heterocycles. The van der Waals surface area contributed by atoms with Gasteiger partial charge in [0.15, 0.2) is 5.82 Å². The van der Waals surface area contributed by atoms with Gasteiger partial charge >= 0.3 is 0 Å². The maximum atomic E-state index is 12.3. The van der Waals surface area contributed by atoms with Crippen molar-refractivity contribution in [2.24, 2.45) is 0 Å². The molecule has 1 aromatic carbocycles. The van der Waals surface area contributed by atoms with Gasteiger partial charge in [-0.05, 0) is 30.7 Å². The Hall–Kier alpha value is -1.57. The van der Waals surface area contributed by atoms with Crippen LogP contribution in [0.4, 0.5) is 5.82 Å². The molecule has 2 heterocycles. The quantitative estimate of drug-likeness (QED) is 0.774. The summed E-state index contributed by atoms with van der Waals surface area (Å²) in [7, 11) is -3.67. The fourth-order valence-corrected chi connectivity index (χ4v) is 4.51. The molecule has 8 heteroatoms. The molecule has 0 saturated carbocycles. The van der Waals surface area contributed by atoms with Crippen molar-refractivity contribution >= 4 is 49.7 Å². The topological polar surface area (TPSA) is 74.8 Å². The molecule has 0 saturated heterocycles. The zero-order chi connectivity index (χ0) is 14.3. The molecule has 3 rings (SSSR count). The summed E-state index contributed by atoms with van der Waals surface area (Å²) >= 11 is 6.94. The Morgan fingerprint density at radius 2 is 2.10 bits per heavy atom. The van der Waals surface area contributed by atoms with Crippen LogP contribution in [0, 0.1) is 6.92 Å². The van der Waals surface area contributed by atoms with Gasteiger partial charge in [0.25, 0.3) is 10.0 Å². The van der Waals surface area contributed by atoms with Gasteiger partial charge in [0.1, 0.15) is 4.21 Å². The van der Waals surface area contributed by atoms with Crippen LogP contribution in [0.3, 0.4) is 0 Å². The summed E-state index contributed by atoms with van der Waals surface area (Å²) in [4.78, 5) is 0. The summed E-state index contributed by atoms with van der Waals surface area (Å²) in [5, 5.41) is 7.49. The molecule has 0 unspecified atom stereocenters. The Morgan fingerprint density at radius 1 is 1.35 bits per heavy atom. The number of sulfonamides is 1. The maximum Gasteiger partial charge on any atom is 0.272 e. The predicted molar refractivity (Wildman–Crippen MR) is 81.0 cm³/mol. The number of thiophene rings is 1. The van der Waals surface area contributed by atoms with Crippen LogP contribution in [0.25, 0.3) is 10.9 Å². The molecule has 3 aromatic rings. The third kappa shape index (κ3) is 2.28. The third-order valence-electron chi connectivity index (χ3n) is 2.80. The Balaban J connectivity index is 2.01. The van der Waals surface area contributed by atoms with E-state index < -0.39 is 10.0 Å². The highest BCUT2D eigenvalue weighted by Crippen LogP contribution is 2.31. The number of hydrogen-bond acceptors (Lipinski definition) is 4. The first-order valence-electron chi connectivity index (χ1n) is 5.69. The molecule has 0 bridgehead atoms. The van der Waals surface area contributed by atoms with Crippen molar-refractivity contribution in [2.45, 2.75) is 11.1 Å². The van der Waals surface area contributed by atoms with Crippen molar-refractivity contribution in [1.82, 2.24) is 10.2 Å². The number of H-pyrrole nitrogens is 1. The molecule has 0 fully saturated rings. The lowest BCUT2D eigenvalue weighted by Crippen LogP contribution is -2.11. The first-order valence-corrected chi connectivity index (χ1v) is 8.37. The highest BCUT2D eigenvalue weighted by Gasteiger charge is 2.20. The monoisotopic (exact) mass is 327 g/mol. The van der Waals surface area contributed by atoms with Gasteiger partial charge in [-0.2, -0.15) is 5.10 Å². The van der Waals surface area contributed by atoms with Crippen LogP contribution in [0.5, 0.6) is 0 Å². The fourth-order valence-electron chi connectivity index (χ4n) is 1.78. The summed E-state index contributed by atoms with van der Waals surface area (Å²) in [6, 6.07) is 8.84. The summed E-state index contributed by atoms with van der Waals surface area (Å²) in [6.07, 6.45) is 0. The maximum absolute atomic E-state index is 12.3. The van der Waals surface area contributed by atoms with Gasteiger partial charge in [0.2, 0.25) is 0 Å². The fraction of sp³-hybridized carbons (Fsp3) is 0.0833. The van der Waals surface area contributed by atoms with E-state index in [2.05, 4.69) is 14.9 Å². The Morgan fingerprint density at radius 3 is 2.80 bits per heavy atom. The zero-order valence-corrected chi connectivity index (χ0v) is 12.7. The zero-order valence-electron chi connectivity index (χ0n) is 10.3. The minimum Gasteiger partial charge on any atom is -0.276 e. The highest BCUT2D eigenvalue weighted by atomic mass is 35.5. The SMILES string of the molecule is Cc1cc(S(=O)(=O)Nc2n[nH]c3ccccc23)sc1Cl. The van der Waals surface area contributed by atoms with Crippen molar-refractivity contribution in [3.05, 3.63) is 40.2 Å². The van der Waals surface area contributed by atoms with E-state index in [1.165, 1.54) is 0 Å². The molecule has 2 aromatic heterocycles. The van der Waals surface area contributed by atoms with Crippen LogP contribution in [0.15, 0.2) is 34.5 Å². The Bertz CT molecular complexity index is 864. The lowest BCUT2D eigenvalue weighted by Gasteiger charge is -2.02. The molecule has 104 valence electrons. The van der Waals surface area contributed by atoms with E-state index in [4.69, 9.17) is 11.6 Å². The number of anilines is 1. The van der Waals surface area contributed by atoms with E-state index in [1.807, 2.05) is 18.2 Å². The lowest BCUT2D eigenvalue weighted by molar-refractivity contribution is 0.603. The number of nitrogens with one attached hydrogen (secondary N) is 2. The third-order valence-corrected chi connectivity index (χ3v) is 6.17. The first-order chi connectivity index (χ1) is 9.47. The van der Waals surface area contributed by atoms with Crippen LogP contribution in [-0.2, 0) is 10.0 Å². The van der Waals surface area contributed by atoms with Crippen molar-refractivity contribution in [1.29, 1.82) is 0 Å². The molecule has 0 aliphatic rings. The van der Waals surface area contributed by atoms with Crippen molar-refractivity contribution in [3.63, 3.8) is 0 Å². The highest BCUT2D eigenvalue weighted by molar-refractivity contribution is 7.94. The second-order valence-corrected chi connectivity index (χ2v) is 7.81. The number of aryl methyl sites for hydroxylation is 1. The molecule has 0 atom stereocenters.